The third kappa shape index (κ3) is 5.94. The van der Waals surface area contributed by atoms with E-state index < -0.39 is 0 Å². The molecule has 6 aromatic rings. The average molecular weight is 762 g/mol. The molecule has 1 N–H and O–H groups in total. The molecule has 4 aromatic carbocycles. The predicted molar refractivity (Wildman–Crippen MR) is 179 cm³/mol. The van der Waals surface area contributed by atoms with Gasteiger partial charge in [-0.2, -0.15) is 0 Å². The lowest BCUT2D eigenvalue weighted by molar-refractivity contribution is 0.401. The molecule has 0 radical (unpaired) electrons. The topological polar surface area (TPSA) is 20.7 Å². The van der Waals surface area contributed by atoms with Crippen LogP contribution in [0.15, 0.2) is 90.7 Å². The van der Waals surface area contributed by atoms with Crippen molar-refractivity contribution in [3.63, 3.8) is 0 Å². The molecular weight excluding hydrogens is 732 g/mol. The van der Waals surface area contributed by atoms with E-state index in [0.717, 1.165) is 30.4 Å². The van der Waals surface area contributed by atoms with Crippen molar-refractivity contribution < 1.29 is 0 Å². The first kappa shape index (κ1) is 27.9. The lowest BCUT2D eigenvalue weighted by Gasteiger charge is -2.17. The smallest absolute Gasteiger partial charge is 0.0492 e. The van der Waals surface area contributed by atoms with Gasteiger partial charge in [0.05, 0.1) is 0 Å². The first-order chi connectivity index (χ1) is 18.4. The maximum Gasteiger partial charge on any atom is 0.0492 e. The highest BCUT2D eigenvalue weighted by molar-refractivity contribution is 9.11. The maximum absolute atomic E-state index is 3.62. The Morgan fingerprint density at radius 2 is 1.08 bits per heavy atom. The summed E-state index contributed by atoms with van der Waals surface area (Å²) < 4.78 is 7.02. The molecule has 0 bridgehead atoms. The number of hydrogen-bond donors (Lipinski definition) is 1. The van der Waals surface area contributed by atoms with Crippen LogP contribution in [0, 0.1) is 5.92 Å². The highest BCUT2D eigenvalue weighted by Crippen LogP contribution is 2.34. The number of hydrogen-bond acceptors (Lipinski definition) is 0. The lowest BCUT2D eigenvalue weighted by atomic mass is 9.99. The summed E-state index contributed by atoms with van der Waals surface area (Å²) in [4.78, 5) is 3.39. The fourth-order valence-corrected chi connectivity index (χ4v) is 6.71. The van der Waals surface area contributed by atoms with Crippen LogP contribution in [0.4, 0.5) is 0 Å². The van der Waals surface area contributed by atoms with Gasteiger partial charge in [-0.1, -0.05) is 96.8 Å². The molecule has 1 unspecified atom stereocenters. The van der Waals surface area contributed by atoms with Crippen LogP contribution in [0.3, 0.4) is 0 Å². The molecule has 6 rings (SSSR count). The molecule has 0 aliphatic heterocycles. The van der Waals surface area contributed by atoms with Gasteiger partial charge in [0.25, 0.3) is 0 Å². The van der Waals surface area contributed by atoms with Crippen molar-refractivity contribution in [2.45, 2.75) is 46.1 Å². The zero-order valence-electron chi connectivity index (χ0n) is 21.5. The number of aromatic nitrogens is 2. The Bertz CT molecular complexity index is 1620. The molecule has 2 nitrogen and oxygen atoms in total. The van der Waals surface area contributed by atoms with Crippen LogP contribution in [0.5, 0.6) is 0 Å². The van der Waals surface area contributed by atoms with Gasteiger partial charge in [0.15, 0.2) is 0 Å². The Morgan fingerprint density at radius 1 is 0.632 bits per heavy atom. The highest BCUT2D eigenvalue weighted by atomic mass is 79.9. The van der Waals surface area contributed by atoms with Gasteiger partial charge >= 0.3 is 0 Å². The molecule has 2 aromatic heterocycles. The summed E-state index contributed by atoms with van der Waals surface area (Å²) in [6, 6.07) is 25.8. The average Bonchev–Trinajstić information content (AvgIpc) is 3.41. The predicted octanol–water partition coefficient (Wildman–Crippen LogP) is 12.4. The number of benzene rings is 4. The first-order valence-electron chi connectivity index (χ1n) is 13.1. The van der Waals surface area contributed by atoms with Crippen molar-refractivity contribution in [3.05, 3.63) is 90.7 Å². The van der Waals surface area contributed by atoms with Crippen LogP contribution in [0.1, 0.15) is 39.5 Å². The molecule has 0 aliphatic rings. The number of aromatic amines is 1. The summed E-state index contributed by atoms with van der Waals surface area (Å²) in [5.74, 6) is 0.751. The molecule has 38 heavy (non-hydrogen) atoms. The fourth-order valence-electron chi connectivity index (χ4n) is 5.26. The van der Waals surface area contributed by atoms with E-state index in [1.54, 1.807) is 0 Å². The second kappa shape index (κ2) is 12.3. The van der Waals surface area contributed by atoms with E-state index in [2.05, 4.69) is 148 Å². The number of nitrogens with zero attached hydrogens (tertiary/aromatic N) is 1. The maximum atomic E-state index is 3.62. The zero-order chi connectivity index (χ0) is 26.8. The van der Waals surface area contributed by atoms with Crippen molar-refractivity contribution in [2.75, 3.05) is 0 Å². The molecule has 0 spiro atoms. The minimum Gasteiger partial charge on any atom is -0.355 e. The molecule has 0 fully saturated rings. The Balaban J connectivity index is 0.000000168. The van der Waals surface area contributed by atoms with Gasteiger partial charge in [-0.05, 0) is 85.1 Å². The molecular formula is C32H30Br4N2. The van der Waals surface area contributed by atoms with Crippen LogP contribution in [0.2, 0.25) is 0 Å². The Labute approximate surface area is 257 Å². The third-order valence-electron chi connectivity index (χ3n) is 7.30. The van der Waals surface area contributed by atoms with Crippen molar-refractivity contribution in [2.24, 2.45) is 5.92 Å². The summed E-state index contributed by atoms with van der Waals surface area (Å²) in [7, 11) is 0. The van der Waals surface area contributed by atoms with Crippen LogP contribution in [-0.4, -0.2) is 9.55 Å². The normalized spacial score (nSPS) is 12.4. The monoisotopic (exact) mass is 758 g/mol. The summed E-state index contributed by atoms with van der Waals surface area (Å²) in [5.41, 5.74) is 5.03. The summed E-state index contributed by atoms with van der Waals surface area (Å²) in [5, 5.41) is 5.17. The van der Waals surface area contributed by atoms with Crippen LogP contribution in [0.25, 0.3) is 43.6 Å². The largest absolute Gasteiger partial charge is 0.355 e. The molecule has 0 saturated carbocycles. The van der Waals surface area contributed by atoms with E-state index >= 15 is 0 Å². The third-order valence-corrected chi connectivity index (χ3v) is 9.27. The number of halogens is 4. The van der Waals surface area contributed by atoms with Gasteiger partial charge in [0, 0.05) is 68.0 Å². The van der Waals surface area contributed by atoms with Gasteiger partial charge in [0.1, 0.15) is 0 Å². The molecule has 0 amide bonds. The van der Waals surface area contributed by atoms with Gasteiger partial charge < -0.3 is 9.55 Å². The SMILES string of the molecule is Brc1ccc2[nH]c3ccc(Br)cc3c2c1.CCCCC(CC)Cn1c2ccc(Br)cc2c2cc(Br)ccc21. The fraction of sp³-hybridized carbons (Fsp3) is 0.250. The van der Waals surface area contributed by atoms with E-state index in [-0.39, 0.29) is 0 Å². The van der Waals surface area contributed by atoms with Gasteiger partial charge in [0.2, 0.25) is 0 Å². The van der Waals surface area contributed by atoms with Crippen LogP contribution >= 0.6 is 63.7 Å². The Hall–Kier alpha value is -1.60. The number of rotatable bonds is 6. The van der Waals surface area contributed by atoms with E-state index in [1.165, 1.54) is 69.3 Å². The van der Waals surface area contributed by atoms with Gasteiger partial charge in [-0.25, -0.2) is 0 Å². The number of nitrogens with one attached hydrogen (secondary N) is 1. The molecule has 2 heterocycles. The molecule has 6 heteroatoms. The minimum absolute atomic E-state index is 0.751. The first-order valence-corrected chi connectivity index (χ1v) is 16.3. The van der Waals surface area contributed by atoms with Crippen molar-refractivity contribution >= 4 is 107 Å². The molecule has 0 saturated heterocycles. The van der Waals surface area contributed by atoms with E-state index in [9.17, 15) is 0 Å². The van der Waals surface area contributed by atoms with E-state index in [1.807, 2.05) is 12.1 Å². The van der Waals surface area contributed by atoms with Crippen molar-refractivity contribution in [1.29, 1.82) is 0 Å². The standard InChI is InChI=1S/C20H23Br2N.C12H7Br2N/c1-3-5-6-14(4-2)13-23-19-9-7-15(21)11-17(19)18-12-16(22)8-10-20(18)23;13-7-1-3-11-9(5-7)10-6-8(14)2-4-12(10)15-11/h7-12,14H,3-6,13H2,1-2H3;1-6,15H. The quantitative estimate of drug-likeness (QED) is 0.174. The summed E-state index contributed by atoms with van der Waals surface area (Å²) in [6.07, 6.45) is 5.17. The van der Waals surface area contributed by atoms with Crippen molar-refractivity contribution in [1.82, 2.24) is 9.55 Å². The molecule has 1 atom stereocenters. The number of fused-ring (bicyclic) bond motifs is 6. The second-order valence-electron chi connectivity index (χ2n) is 9.85. The lowest BCUT2D eigenvalue weighted by Crippen LogP contribution is -2.10. The van der Waals surface area contributed by atoms with Gasteiger partial charge in [-0.3, -0.25) is 0 Å². The second-order valence-corrected chi connectivity index (χ2v) is 13.5. The Morgan fingerprint density at radius 3 is 1.53 bits per heavy atom. The zero-order valence-corrected chi connectivity index (χ0v) is 27.8. The Kier molecular flexibility index (Phi) is 9.03. The van der Waals surface area contributed by atoms with Crippen LogP contribution < -0.4 is 0 Å². The highest BCUT2D eigenvalue weighted by Gasteiger charge is 2.15. The van der Waals surface area contributed by atoms with E-state index in [0.29, 0.717) is 0 Å². The number of H-pyrrole nitrogens is 1. The van der Waals surface area contributed by atoms with Crippen LogP contribution in [-0.2, 0) is 6.54 Å². The van der Waals surface area contributed by atoms with E-state index in [4.69, 9.17) is 0 Å². The molecule has 196 valence electrons. The van der Waals surface area contributed by atoms with Crippen molar-refractivity contribution in [3.8, 4) is 0 Å². The number of unbranched alkanes of at least 4 members (excludes halogenated alkanes) is 1. The van der Waals surface area contributed by atoms with Gasteiger partial charge in [-0.15, -0.1) is 0 Å². The minimum atomic E-state index is 0.751. The summed E-state index contributed by atoms with van der Waals surface area (Å²) in [6.45, 7) is 5.71. The molecule has 0 aliphatic carbocycles. The summed E-state index contributed by atoms with van der Waals surface area (Å²) >= 11 is 14.2.